The average molecular weight is 486 g/mol. The van der Waals surface area contributed by atoms with E-state index in [9.17, 15) is 29.4 Å². The lowest BCUT2D eigenvalue weighted by molar-refractivity contribution is -0.146. The Hall–Kier alpha value is -2.93. The van der Waals surface area contributed by atoms with Gasteiger partial charge in [-0.25, -0.2) is 4.79 Å². The van der Waals surface area contributed by atoms with Crippen LogP contribution in [0.5, 0.6) is 0 Å². The van der Waals surface area contributed by atoms with Gasteiger partial charge in [0.05, 0.1) is 12.1 Å². The number of aliphatic imine (C=N–C) groups is 1. The van der Waals surface area contributed by atoms with Crippen LogP contribution in [0.2, 0.25) is 0 Å². The second kappa shape index (κ2) is 13.7. The zero-order chi connectivity index (χ0) is 26.0. The summed E-state index contributed by atoms with van der Waals surface area (Å²) in [6, 6.07) is -4.16. The monoisotopic (exact) mass is 485 g/mol. The molecule has 0 spiro atoms. The summed E-state index contributed by atoms with van der Waals surface area (Å²) in [5.41, 5.74) is 16.6. The Balaban J connectivity index is 2.86. The molecular formula is C21H39N7O6. The van der Waals surface area contributed by atoms with Crippen molar-refractivity contribution in [3.63, 3.8) is 0 Å². The van der Waals surface area contributed by atoms with Crippen LogP contribution in [0.4, 0.5) is 0 Å². The molecule has 0 aromatic rings. The number of nitrogens with two attached hydrogens (primary N) is 3. The quantitative estimate of drug-likeness (QED) is 0.0854. The van der Waals surface area contributed by atoms with Crippen molar-refractivity contribution in [1.29, 1.82) is 0 Å². The predicted molar refractivity (Wildman–Crippen MR) is 125 cm³/mol. The van der Waals surface area contributed by atoms with Gasteiger partial charge < -0.3 is 42.9 Å². The number of hydrogen-bond donors (Lipinski definition) is 7. The first kappa shape index (κ1) is 29.1. The van der Waals surface area contributed by atoms with Crippen LogP contribution in [0, 0.1) is 5.92 Å². The molecule has 0 saturated carbocycles. The second-order valence-electron chi connectivity index (χ2n) is 8.68. The standard InChI is InChI=1S/C21H39N7O6/c1-4-11(2)15(18(31)27-16(12(3)29)20(33)34)26-17(30)14-8-6-10-28(14)19(32)13(22)7-5-9-25-21(23)24/h11-16,29H,4-10,22H2,1-3H3,(H,26,30)(H,27,31)(H,33,34)(H4,23,24,25). The highest BCUT2D eigenvalue weighted by Gasteiger charge is 2.39. The fraction of sp³-hybridized carbons (Fsp3) is 0.762. The van der Waals surface area contributed by atoms with E-state index in [-0.39, 0.29) is 17.8 Å². The number of nitrogens with zero attached hydrogens (tertiary/aromatic N) is 2. The Morgan fingerprint density at radius 3 is 2.32 bits per heavy atom. The molecule has 1 aliphatic heterocycles. The number of aliphatic hydroxyl groups excluding tert-OH is 1. The van der Waals surface area contributed by atoms with Gasteiger partial charge in [0, 0.05) is 13.1 Å². The minimum atomic E-state index is -1.52. The van der Waals surface area contributed by atoms with Crippen LogP contribution in [0.1, 0.15) is 52.9 Å². The molecule has 13 nitrogen and oxygen atoms in total. The van der Waals surface area contributed by atoms with E-state index in [0.29, 0.717) is 45.2 Å². The van der Waals surface area contributed by atoms with E-state index in [1.54, 1.807) is 6.92 Å². The molecule has 194 valence electrons. The fourth-order valence-electron chi connectivity index (χ4n) is 3.74. The van der Waals surface area contributed by atoms with E-state index in [0.717, 1.165) is 0 Å². The largest absolute Gasteiger partial charge is 0.480 e. The van der Waals surface area contributed by atoms with Crippen molar-refractivity contribution in [3.8, 4) is 0 Å². The first-order valence-electron chi connectivity index (χ1n) is 11.5. The summed E-state index contributed by atoms with van der Waals surface area (Å²) in [4.78, 5) is 55.3. The van der Waals surface area contributed by atoms with E-state index >= 15 is 0 Å². The smallest absolute Gasteiger partial charge is 0.328 e. The summed E-state index contributed by atoms with van der Waals surface area (Å²) in [6.07, 6.45) is 1.06. The van der Waals surface area contributed by atoms with Gasteiger partial charge in [-0.1, -0.05) is 20.3 Å². The van der Waals surface area contributed by atoms with Crippen molar-refractivity contribution in [2.75, 3.05) is 13.1 Å². The van der Waals surface area contributed by atoms with Gasteiger partial charge in [0.15, 0.2) is 12.0 Å². The minimum Gasteiger partial charge on any atom is -0.480 e. The van der Waals surface area contributed by atoms with Crippen LogP contribution in [0.15, 0.2) is 4.99 Å². The number of aliphatic hydroxyl groups is 1. The van der Waals surface area contributed by atoms with Crippen molar-refractivity contribution in [2.24, 2.45) is 28.1 Å². The Kier molecular flexibility index (Phi) is 11.7. The Morgan fingerprint density at radius 2 is 1.79 bits per heavy atom. The maximum absolute atomic E-state index is 13.1. The number of guanidine groups is 1. The van der Waals surface area contributed by atoms with E-state index < -0.39 is 48.1 Å². The highest BCUT2D eigenvalue weighted by molar-refractivity contribution is 5.94. The molecule has 10 N–H and O–H groups in total. The van der Waals surface area contributed by atoms with Gasteiger partial charge in [-0.3, -0.25) is 19.4 Å². The Labute approximate surface area is 199 Å². The number of likely N-dealkylation sites (tertiary alicyclic amines) is 1. The number of rotatable bonds is 13. The van der Waals surface area contributed by atoms with Crippen molar-refractivity contribution in [2.45, 2.75) is 83.1 Å². The van der Waals surface area contributed by atoms with Crippen LogP contribution in [-0.4, -0.2) is 88.1 Å². The topological polar surface area (TPSA) is 226 Å². The van der Waals surface area contributed by atoms with Gasteiger partial charge in [-0.15, -0.1) is 0 Å². The van der Waals surface area contributed by atoms with E-state index in [2.05, 4.69) is 15.6 Å². The highest BCUT2D eigenvalue weighted by atomic mass is 16.4. The molecule has 6 unspecified atom stereocenters. The van der Waals surface area contributed by atoms with Gasteiger partial charge in [-0.05, 0) is 38.5 Å². The Morgan fingerprint density at radius 1 is 1.15 bits per heavy atom. The van der Waals surface area contributed by atoms with Gasteiger partial charge >= 0.3 is 5.97 Å². The highest BCUT2D eigenvalue weighted by Crippen LogP contribution is 2.20. The lowest BCUT2D eigenvalue weighted by atomic mass is 9.97. The second-order valence-corrected chi connectivity index (χ2v) is 8.68. The SMILES string of the molecule is CCC(C)C(NC(=O)C1CCCN1C(=O)C(N)CCCN=C(N)N)C(=O)NC(C(=O)O)C(C)O. The first-order valence-corrected chi connectivity index (χ1v) is 11.5. The predicted octanol–water partition coefficient (Wildman–Crippen LogP) is -2.16. The number of carboxylic acids is 1. The zero-order valence-corrected chi connectivity index (χ0v) is 20.1. The summed E-state index contributed by atoms with van der Waals surface area (Å²) in [7, 11) is 0. The van der Waals surface area contributed by atoms with E-state index in [1.165, 1.54) is 11.8 Å². The molecule has 0 aromatic carbocycles. The molecule has 0 bridgehead atoms. The molecule has 34 heavy (non-hydrogen) atoms. The molecule has 1 rings (SSSR count). The summed E-state index contributed by atoms with van der Waals surface area (Å²) < 4.78 is 0. The number of carbonyl (C=O) groups is 4. The number of amides is 3. The molecule has 1 heterocycles. The molecular weight excluding hydrogens is 446 g/mol. The van der Waals surface area contributed by atoms with Gasteiger partial charge in [-0.2, -0.15) is 0 Å². The van der Waals surface area contributed by atoms with Crippen LogP contribution < -0.4 is 27.8 Å². The molecule has 0 radical (unpaired) electrons. The summed E-state index contributed by atoms with van der Waals surface area (Å²) in [5, 5.41) is 23.9. The third-order valence-corrected chi connectivity index (χ3v) is 5.96. The summed E-state index contributed by atoms with van der Waals surface area (Å²) in [6.45, 7) is 5.52. The Bertz CT molecular complexity index is 756. The van der Waals surface area contributed by atoms with Crippen molar-refractivity contribution in [1.82, 2.24) is 15.5 Å². The van der Waals surface area contributed by atoms with Crippen molar-refractivity contribution in [3.05, 3.63) is 0 Å². The third kappa shape index (κ3) is 8.45. The van der Waals surface area contributed by atoms with Crippen LogP contribution >= 0.6 is 0 Å². The number of hydrogen-bond acceptors (Lipinski definition) is 7. The molecule has 1 aliphatic rings. The average Bonchev–Trinajstić information content (AvgIpc) is 3.26. The van der Waals surface area contributed by atoms with Crippen LogP contribution in [-0.2, 0) is 19.2 Å². The molecule has 1 fully saturated rings. The molecule has 13 heteroatoms. The van der Waals surface area contributed by atoms with Crippen LogP contribution in [0.25, 0.3) is 0 Å². The van der Waals surface area contributed by atoms with Crippen LogP contribution in [0.3, 0.4) is 0 Å². The van der Waals surface area contributed by atoms with Gasteiger partial charge in [0.25, 0.3) is 0 Å². The summed E-state index contributed by atoms with van der Waals surface area (Å²) >= 11 is 0. The minimum absolute atomic E-state index is 0.0424. The number of carboxylic acid groups (broad SMARTS) is 1. The zero-order valence-electron chi connectivity index (χ0n) is 20.1. The molecule has 3 amide bonds. The maximum atomic E-state index is 13.1. The number of aliphatic carboxylic acids is 1. The fourth-order valence-corrected chi connectivity index (χ4v) is 3.74. The van der Waals surface area contributed by atoms with Gasteiger partial charge in [0.2, 0.25) is 17.7 Å². The lowest BCUT2D eigenvalue weighted by Gasteiger charge is -2.30. The lowest BCUT2D eigenvalue weighted by Crippen LogP contribution is -2.59. The normalized spacial score (nSPS) is 19.9. The summed E-state index contributed by atoms with van der Waals surface area (Å²) in [5.74, 6) is -3.35. The molecule has 6 atom stereocenters. The van der Waals surface area contributed by atoms with Crippen molar-refractivity contribution < 1.29 is 29.4 Å². The molecule has 1 saturated heterocycles. The number of nitrogens with one attached hydrogen (secondary N) is 2. The molecule has 0 aromatic heterocycles. The van der Waals surface area contributed by atoms with E-state index in [1.807, 2.05) is 6.92 Å². The third-order valence-electron chi connectivity index (χ3n) is 5.96. The van der Waals surface area contributed by atoms with E-state index in [4.69, 9.17) is 17.2 Å². The van der Waals surface area contributed by atoms with Gasteiger partial charge in [0.1, 0.15) is 12.1 Å². The van der Waals surface area contributed by atoms with Crippen molar-refractivity contribution >= 4 is 29.7 Å². The first-order chi connectivity index (χ1) is 15.9. The molecule has 0 aliphatic carbocycles. The number of carbonyl (C=O) groups excluding carboxylic acids is 3. The maximum Gasteiger partial charge on any atom is 0.328 e.